The fourth-order valence-electron chi connectivity index (χ4n) is 2.43. The van der Waals surface area contributed by atoms with Crippen LogP contribution < -0.4 is 5.32 Å². The zero-order valence-electron chi connectivity index (χ0n) is 11.3. The Labute approximate surface area is 120 Å². The van der Waals surface area contributed by atoms with E-state index < -0.39 is 0 Å². The van der Waals surface area contributed by atoms with Gasteiger partial charge in [0.2, 0.25) is 0 Å². The molecule has 19 heavy (non-hydrogen) atoms. The molecule has 0 spiro atoms. The predicted octanol–water partition coefficient (Wildman–Crippen LogP) is 3.96. The molecule has 0 aliphatic rings. The summed E-state index contributed by atoms with van der Waals surface area (Å²) in [4.78, 5) is 0. The zero-order chi connectivity index (χ0) is 13.5. The summed E-state index contributed by atoms with van der Waals surface area (Å²) in [6.45, 7) is 1.00. The smallest absolute Gasteiger partial charge is 0.0438 e. The van der Waals surface area contributed by atoms with E-state index in [9.17, 15) is 0 Å². The molecule has 0 aliphatic carbocycles. The quantitative estimate of drug-likeness (QED) is 0.840. The second kappa shape index (κ2) is 7.32. The van der Waals surface area contributed by atoms with Crippen LogP contribution in [0.15, 0.2) is 54.6 Å². The van der Waals surface area contributed by atoms with E-state index in [0.29, 0.717) is 5.92 Å². The fourth-order valence-corrected chi connectivity index (χ4v) is 2.64. The van der Waals surface area contributed by atoms with E-state index in [4.69, 9.17) is 11.6 Å². The van der Waals surface area contributed by atoms with Crippen LogP contribution in [0.25, 0.3) is 0 Å². The van der Waals surface area contributed by atoms with E-state index in [2.05, 4.69) is 47.8 Å². The third-order valence-electron chi connectivity index (χ3n) is 3.33. The molecule has 0 fully saturated rings. The standard InChI is InChI=1S/C17H20ClN/c1-19-13-15(11-14-7-3-2-4-8-14)12-16-9-5-6-10-17(16)18/h2-10,15,19H,11-13H2,1H3. The average molecular weight is 274 g/mol. The Kier molecular flexibility index (Phi) is 5.44. The molecule has 2 rings (SSSR count). The van der Waals surface area contributed by atoms with Gasteiger partial charge in [-0.3, -0.25) is 0 Å². The van der Waals surface area contributed by atoms with E-state index in [-0.39, 0.29) is 0 Å². The largest absolute Gasteiger partial charge is 0.319 e. The molecule has 2 aromatic carbocycles. The van der Waals surface area contributed by atoms with Crippen molar-refractivity contribution in [2.45, 2.75) is 12.8 Å². The second-order valence-corrected chi connectivity index (χ2v) is 5.32. The van der Waals surface area contributed by atoms with Crippen LogP contribution in [0.1, 0.15) is 11.1 Å². The minimum Gasteiger partial charge on any atom is -0.319 e. The highest BCUT2D eigenvalue weighted by Crippen LogP contribution is 2.20. The summed E-state index contributed by atoms with van der Waals surface area (Å²) in [5.41, 5.74) is 2.62. The van der Waals surface area contributed by atoms with Gasteiger partial charge in [0.1, 0.15) is 0 Å². The third kappa shape index (κ3) is 4.38. The van der Waals surface area contributed by atoms with Crippen molar-refractivity contribution >= 4 is 11.6 Å². The number of rotatable bonds is 6. The first-order chi connectivity index (χ1) is 9.29. The SMILES string of the molecule is CNCC(Cc1ccccc1)Cc1ccccc1Cl. The van der Waals surface area contributed by atoms with Crippen molar-refractivity contribution < 1.29 is 0 Å². The van der Waals surface area contributed by atoms with E-state index in [1.165, 1.54) is 11.1 Å². The number of hydrogen-bond donors (Lipinski definition) is 1. The van der Waals surface area contributed by atoms with E-state index in [1.54, 1.807) is 0 Å². The normalized spacial score (nSPS) is 12.3. The lowest BCUT2D eigenvalue weighted by Gasteiger charge is -2.17. The number of benzene rings is 2. The molecule has 1 unspecified atom stereocenters. The highest BCUT2D eigenvalue weighted by molar-refractivity contribution is 6.31. The van der Waals surface area contributed by atoms with E-state index >= 15 is 0 Å². The molecule has 2 heteroatoms. The summed E-state index contributed by atoms with van der Waals surface area (Å²) in [6, 6.07) is 18.8. The Morgan fingerprint density at radius 1 is 0.947 bits per heavy atom. The van der Waals surface area contributed by atoms with Gasteiger partial charge in [-0.25, -0.2) is 0 Å². The van der Waals surface area contributed by atoms with Crippen molar-refractivity contribution in [1.29, 1.82) is 0 Å². The topological polar surface area (TPSA) is 12.0 Å². The summed E-state index contributed by atoms with van der Waals surface area (Å²) in [6.07, 6.45) is 2.09. The molecule has 1 N–H and O–H groups in total. The molecule has 0 amide bonds. The maximum atomic E-state index is 6.25. The lowest BCUT2D eigenvalue weighted by Crippen LogP contribution is -2.22. The van der Waals surface area contributed by atoms with Crippen molar-refractivity contribution in [3.63, 3.8) is 0 Å². The van der Waals surface area contributed by atoms with Crippen LogP contribution in [-0.2, 0) is 12.8 Å². The van der Waals surface area contributed by atoms with E-state index in [1.807, 2.05) is 19.2 Å². The Morgan fingerprint density at radius 3 is 2.32 bits per heavy atom. The van der Waals surface area contributed by atoms with Crippen LogP contribution in [0.5, 0.6) is 0 Å². The van der Waals surface area contributed by atoms with Gasteiger partial charge in [-0.2, -0.15) is 0 Å². The van der Waals surface area contributed by atoms with Crippen LogP contribution in [0.2, 0.25) is 5.02 Å². The molecule has 100 valence electrons. The van der Waals surface area contributed by atoms with Crippen LogP contribution in [0.4, 0.5) is 0 Å². The molecule has 0 bridgehead atoms. The maximum absolute atomic E-state index is 6.25. The fraction of sp³-hybridized carbons (Fsp3) is 0.294. The Hall–Kier alpha value is -1.31. The van der Waals surface area contributed by atoms with Gasteiger partial charge >= 0.3 is 0 Å². The Bertz CT molecular complexity index is 496. The summed E-state index contributed by atoms with van der Waals surface area (Å²) in [5, 5.41) is 4.16. The number of halogens is 1. The van der Waals surface area contributed by atoms with Gasteiger partial charge in [0.15, 0.2) is 0 Å². The Morgan fingerprint density at radius 2 is 1.63 bits per heavy atom. The van der Waals surface area contributed by atoms with Crippen molar-refractivity contribution in [2.24, 2.45) is 5.92 Å². The summed E-state index contributed by atoms with van der Waals surface area (Å²) in [5.74, 6) is 0.562. The van der Waals surface area contributed by atoms with Gasteiger partial charge in [-0.1, -0.05) is 60.1 Å². The third-order valence-corrected chi connectivity index (χ3v) is 3.70. The highest BCUT2D eigenvalue weighted by Gasteiger charge is 2.11. The van der Waals surface area contributed by atoms with E-state index in [0.717, 1.165) is 24.4 Å². The van der Waals surface area contributed by atoms with Crippen molar-refractivity contribution in [3.8, 4) is 0 Å². The minimum atomic E-state index is 0.562. The molecule has 1 nitrogen and oxygen atoms in total. The van der Waals surface area contributed by atoms with Crippen LogP contribution in [-0.4, -0.2) is 13.6 Å². The lowest BCUT2D eigenvalue weighted by atomic mass is 9.92. The summed E-state index contributed by atoms with van der Waals surface area (Å²) in [7, 11) is 2.00. The molecule has 0 saturated carbocycles. The lowest BCUT2D eigenvalue weighted by molar-refractivity contribution is 0.493. The molecule has 0 aliphatic heterocycles. The van der Waals surface area contributed by atoms with Gasteiger partial charge < -0.3 is 5.32 Å². The van der Waals surface area contributed by atoms with Crippen LogP contribution >= 0.6 is 11.6 Å². The van der Waals surface area contributed by atoms with Gasteiger partial charge in [-0.15, -0.1) is 0 Å². The molecule has 1 atom stereocenters. The van der Waals surface area contributed by atoms with Gasteiger partial charge in [0, 0.05) is 5.02 Å². The first-order valence-corrected chi connectivity index (χ1v) is 7.09. The van der Waals surface area contributed by atoms with Gasteiger partial charge in [0.05, 0.1) is 0 Å². The van der Waals surface area contributed by atoms with Crippen LogP contribution in [0, 0.1) is 5.92 Å². The zero-order valence-corrected chi connectivity index (χ0v) is 12.0. The molecule has 0 heterocycles. The number of nitrogens with one attached hydrogen (secondary N) is 1. The molecule has 0 aromatic heterocycles. The molecule has 2 aromatic rings. The second-order valence-electron chi connectivity index (χ2n) is 4.91. The maximum Gasteiger partial charge on any atom is 0.0438 e. The highest BCUT2D eigenvalue weighted by atomic mass is 35.5. The number of hydrogen-bond acceptors (Lipinski definition) is 1. The predicted molar refractivity (Wildman–Crippen MR) is 82.7 cm³/mol. The van der Waals surface area contributed by atoms with Crippen LogP contribution in [0.3, 0.4) is 0 Å². The van der Waals surface area contributed by atoms with Crippen molar-refractivity contribution in [2.75, 3.05) is 13.6 Å². The monoisotopic (exact) mass is 273 g/mol. The molecule has 0 radical (unpaired) electrons. The summed E-state index contributed by atoms with van der Waals surface area (Å²) >= 11 is 6.25. The molecule has 0 saturated heterocycles. The molecular formula is C17H20ClN. The Balaban J connectivity index is 2.06. The van der Waals surface area contributed by atoms with Gasteiger partial charge in [0.25, 0.3) is 0 Å². The minimum absolute atomic E-state index is 0.562. The molecular weight excluding hydrogens is 254 g/mol. The summed E-state index contributed by atoms with van der Waals surface area (Å²) < 4.78 is 0. The van der Waals surface area contributed by atoms with Gasteiger partial charge in [-0.05, 0) is 49.5 Å². The first-order valence-electron chi connectivity index (χ1n) is 6.71. The van der Waals surface area contributed by atoms with Crippen molar-refractivity contribution in [1.82, 2.24) is 5.32 Å². The van der Waals surface area contributed by atoms with Crippen molar-refractivity contribution in [3.05, 3.63) is 70.7 Å². The first kappa shape index (κ1) is 14.1. The average Bonchev–Trinajstić information content (AvgIpc) is 2.43.